The van der Waals surface area contributed by atoms with Crippen LogP contribution < -0.4 is 0 Å². The lowest BCUT2D eigenvalue weighted by molar-refractivity contribution is -0.137. The minimum absolute atomic E-state index is 0.0557. The summed E-state index contributed by atoms with van der Waals surface area (Å²) in [7, 11) is 0. The van der Waals surface area contributed by atoms with Crippen LogP contribution in [0.5, 0.6) is 0 Å². The average molecular weight is 298 g/mol. The Balaban J connectivity index is 3.42. The van der Waals surface area contributed by atoms with Crippen LogP contribution in [0.25, 0.3) is 0 Å². The SMILES string of the molecule is FC(F)(F)c1cc(Cl)cc(C(Cl)Cl)c1Cl. The molecule has 0 aliphatic carbocycles. The molecule has 1 aromatic rings. The van der Waals surface area contributed by atoms with E-state index in [0.717, 1.165) is 6.07 Å². The fraction of sp³-hybridized carbons (Fsp3) is 0.250. The lowest BCUT2D eigenvalue weighted by Gasteiger charge is -2.13. The van der Waals surface area contributed by atoms with Crippen LogP contribution in [0.3, 0.4) is 0 Å². The Kier molecular flexibility index (Phi) is 4.04. The molecule has 1 rings (SSSR count). The number of benzene rings is 1. The molecule has 0 radical (unpaired) electrons. The molecule has 15 heavy (non-hydrogen) atoms. The van der Waals surface area contributed by atoms with Crippen LogP contribution >= 0.6 is 46.4 Å². The van der Waals surface area contributed by atoms with Crippen molar-refractivity contribution in [3.05, 3.63) is 33.3 Å². The van der Waals surface area contributed by atoms with Crippen LogP contribution in [-0.4, -0.2) is 0 Å². The van der Waals surface area contributed by atoms with Gasteiger partial charge in [0.25, 0.3) is 0 Å². The zero-order chi connectivity index (χ0) is 11.8. The van der Waals surface area contributed by atoms with Gasteiger partial charge in [-0.1, -0.05) is 23.2 Å². The number of hydrogen-bond donors (Lipinski definition) is 0. The number of halogens is 7. The van der Waals surface area contributed by atoms with Gasteiger partial charge in [-0.3, -0.25) is 0 Å². The van der Waals surface area contributed by atoms with Crippen LogP contribution in [0.15, 0.2) is 12.1 Å². The fourth-order valence-corrected chi connectivity index (χ4v) is 1.98. The summed E-state index contributed by atoms with van der Waals surface area (Å²) in [6.45, 7) is 0. The molecule has 0 saturated carbocycles. The molecule has 0 amide bonds. The first-order chi connectivity index (χ1) is 6.73. The van der Waals surface area contributed by atoms with Gasteiger partial charge in [-0.05, 0) is 12.1 Å². The summed E-state index contributed by atoms with van der Waals surface area (Å²) in [5.41, 5.74) is -1.10. The van der Waals surface area contributed by atoms with Crippen LogP contribution in [0.4, 0.5) is 13.2 Å². The third kappa shape index (κ3) is 3.06. The molecule has 0 unspecified atom stereocenters. The van der Waals surface area contributed by atoms with Gasteiger partial charge in [0.1, 0.15) is 4.84 Å². The van der Waals surface area contributed by atoms with Crippen LogP contribution in [-0.2, 0) is 6.18 Å². The summed E-state index contributed by atoms with van der Waals surface area (Å²) in [5, 5.41) is -0.644. The topological polar surface area (TPSA) is 0 Å². The van der Waals surface area contributed by atoms with Gasteiger partial charge in [-0.15, -0.1) is 23.2 Å². The van der Waals surface area contributed by atoms with Crippen molar-refractivity contribution in [3.63, 3.8) is 0 Å². The van der Waals surface area contributed by atoms with Crippen molar-refractivity contribution in [1.29, 1.82) is 0 Å². The van der Waals surface area contributed by atoms with E-state index >= 15 is 0 Å². The summed E-state index contributed by atoms with van der Waals surface area (Å²) >= 11 is 21.9. The predicted octanol–water partition coefficient (Wildman–Crippen LogP) is 5.49. The molecule has 0 aromatic heterocycles. The van der Waals surface area contributed by atoms with Crippen molar-refractivity contribution < 1.29 is 13.2 Å². The molecule has 0 saturated heterocycles. The molecule has 0 nitrogen and oxygen atoms in total. The molecule has 0 aliphatic rings. The van der Waals surface area contributed by atoms with Gasteiger partial charge in [-0.25, -0.2) is 0 Å². The van der Waals surface area contributed by atoms with Gasteiger partial charge in [0, 0.05) is 10.6 Å². The summed E-state index contributed by atoms with van der Waals surface area (Å²) in [4.78, 5) is -1.16. The Labute approximate surface area is 104 Å². The molecular formula is C8H3Cl4F3. The van der Waals surface area contributed by atoms with E-state index in [9.17, 15) is 13.2 Å². The maximum absolute atomic E-state index is 12.4. The standard InChI is InChI=1S/C8H3Cl4F3/c9-3-1-4(7(11)12)6(10)5(2-3)8(13,14)15/h1-2,7H. The molecule has 0 fully saturated rings. The van der Waals surface area contributed by atoms with Gasteiger partial charge >= 0.3 is 6.18 Å². The van der Waals surface area contributed by atoms with E-state index in [1.54, 1.807) is 0 Å². The molecular weight excluding hydrogens is 295 g/mol. The van der Waals surface area contributed by atoms with E-state index < -0.39 is 21.6 Å². The summed E-state index contributed by atoms with van der Waals surface area (Å²) in [5.74, 6) is 0. The third-order valence-corrected chi connectivity index (χ3v) is 2.72. The van der Waals surface area contributed by atoms with Crippen LogP contribution in [0.1, 0.15) is 16.0 Å². The smallest absolute Gasteiger partial charge is 0.166 e. The first-order valence-electron chi connectivity index (χ1n) is 3.57. The van der Waals surface area contributed by atoms with Gasteiger partial charge < -0.3 is 0 Å². The van der Waals surface area contributed by atoms with Crippen molar-refractivity contribution in [2.75, 3.05) is 0 Å². The van der Waals surface area contributed by atoms with Crippen LogP contribution in [0, 0.1) is 0 Å². The maximum atomic E-state index is 12.4. The second-order valence-electron chi connectivity index (χ2n) is 2.66. The lowest BCUT2D eigenvalue weighted by Crippen LogP contribution is -2.07. The van der Waals surface area contributed by atoms with E-state index in [4.69, 9.17) is 46.4 Å². The van der Waals surface area contributed by atoms with E-state index in [1.807, 2.05) is 0 Å². The average Bonchev–Trinajstić information content (AvgIpc) is 2.06. The van der Waals surface area contributed by atoms with Crippen molar-refractivity contribution in [1.82, 2.24) is 0 Å². The Morgan fingerprint density at radius 3 is 2.00 bits per heavy atom. The van der Waals surface area contributed by atoms with E-state index in [1.165, 1.54) is 6.07 Å². The molecule has 0 N–H and O–H groups in total. The minimum Gasteiger partial charge on any atom is -0.166 e. The highest BCUT2D eigenvalue weighted by atomic mass is 35.5. The fourth-order valence-electron chi connectivity index (χ4n) is 0.975. The Morgan fingerprint density at radius 2 is 1.60 bits per heavy atom. The lowest BCUT2D eigenvalue weighted by atomic mass is 10.1. The number of hydrogen-bond acceptors (Lipinski definition) is 0. The van der Waals surface area contributed by atoms with Gasteiger partial charge in [-0.2, -0.15) is 13.2 Å². The third-order valence-electron chi connectivity index (χ3n) is 1.61. The molecule has 84 valence electrons. The number of rotatable bonds is 1. The van der Waals surface area contributed by atoms with Crippen molar-refractivity contribution in [3.8, 4) is 0 Å². The first-order valence-corrected chi connectivity index (χ1v) is 5.20. The summed E-state index contributed by atoms with van der Waals surface area (Å²) in [6, 6.07) is 1.92. The highest BCUT2D eigenvalue weighted by molar-refractivity contribution is 6.46. The maximum Gasteiger partial charge on any atom is 0.417 e. The Morgan fingerprint density at radius 1 is 1.07 bits per heavy atom. The highest BCUT2D eigenvalue weighted by Gasteiger charge is 2.35. The van der Waals surface area contributed by atoms with Gasteiger partial charge in [0.15, 0.2) is 0 Å². The summed E-state index contributed by atoms with van der Waals surface area (Å²) in [6.07, 6.45) is -4.58. The van der Waals surface area contributed by atoms with E-state index in [0.29, 0.717) is 0 Å². The molecule has 0 heterocycles. The monoisotopic (exact) mass is 296 g/mol. The van der Waals surface area contributed by atoms with Crippen molar-refractivity contribution in [2.45, 2.75) is 11.0 Å². The van der Waals surface area contributed by atoms with Crippen LogP contribution in [0.2, 0.25) is 10.0 Å². The normalized spacial score (nSPS) is 12.3. The molecule has 0 bridgehead atoms. The van der Waals surface area contributed by atoms with Crippen molar-refractivity contribution >= 4 is 46.4 Å². The molecule has 7 heteroatoms. The summed E-state index contributed by atoms with van der Waals surface area (Å²) < 4.78 is 37.3. The predicted molar refractivity (Wildman–Crippen MR) is 55.9 cm³/mol. The zero-order valence-corrected chi connectivity index (χ0v) is 9.90. The second kappa shape index (κ2) is 4.58. The quantitative estimate of drug-likeness (QED) is 0.601. The Hall–Kier alpha value is 0.170. The second-order valence-corrected chi connectivity index (χ2v) is 4.57. The zero-order valence-electron chi connectivity index (χ0n) is 6.88. The van der Waals surface area contributed by atoms with Gasteiger partial charge in [0.05, 0.1) is 10.6 Å². The first kappa shape index (κ1) is 13.2. The highest BCUT2D eigenvalue weighted by Crippen LogP contribution is 2.42. The van der Waals surface area contributed by atoms with Gasteiger partial charge in [0.2, 0.25) is 0 Å². The van der Waals surface area contributed by atoms with E-state index in [2.05, 4.69) is 0 Å². The van der Waals surface area contributed by atoms with Crippen molar-refractivity contribution in [2.24, 2.45) is 0 Å². The molecule has 0 aliphatic heterocycles. The largest absolute Gasteiger partial charge is 0.417 e. The Bertz CT molecular complexity index is 373. The minimum atomic E-state index is -4.58. The number of alkyl halides is 5. The molecule has 0 atom stereocenters. The molecule has 0 spiro atoms. The molecule has 1 aromatic carbocycles. The van der Waals surface area contributed by atoms with E-state index in [-0.39, 0.29) is 10.6 Å².